The highest BCUT2D eigenvalue weighted by Crippen LogP contribution is 2.72. The van der Waals surface area contributed by atoms with E-state index in [-0.39, 0.29) is 40.1 Å². The van der Waals surface area contributed by atoms with Crippen LogP contribution in [0.3, 0.4) is 0 Å². The Labute approximate surface area is 263 Å². The van der Waals surface area contributed by atoms with E-state index < -0.39 is 41.4 Å². The van der Waals surface area contributed by atoms with Crippen LogP contribution in [0.25, 0.3) is 0 Å². The Kier molecular flexibility index (Phi) is 9.11. The molecular formula is C36H56O8. The number of carboxylic acid groups (broad SMARTS) is 2. The van der Waals surface area contributed by atoms with E-state index in [0.29, 0.717) is 18.8 Å². The largest absolute Gasteiger partial charge is 0.481 e. The van der Waals surface area contributed by atoms with Crippen molar-refractivity contribution in [3.8, 4) is 0 Å². The maximum Gasteiger partial charge on any atom is 0.309 e. The number of rotatable bonds is 10. The Morgan fingerprint density at radius 1 is 0.909 bits per heavy atom. The first-order valence-corrected chi connectivity index (χ1v) is 16.6. The van der Waals surface area contributed by atoms with Gasteiger partial charge < -0.3 is 25.2 Å². The van der Waals surface area contributed by atoms with Gasteiger partial charge in [0, 0.05) is 5.41 Å². The van der Waals surface area contributed by atoms with Gasteiger partial charge in [-0.25, -0.2) is 0 Å². The van der Waals surface area contributed by atoms with Gasteiger partial charge in [0.1, 0.15) is 6.10 Å². The SMILES string of the molecule is CC(C)(O)/C=C/C[C@@H](C(=O)O)[C@H]1CC[C@@]2(C)C3=C(CC[C@]12C)[C@@]1(C)CC[C@@H](OC(=O)CC(C)(O)CC(=O)O)C(C)(C)C1CC3. The molecule has 0 spiro atoms. The van der Waals surface area contributed by atoms with Crippen molar-refractivity contribution in [2.75, 3.05) is 0 Å². The number of ether oxygens (including phenoxy) is 1. The minimum absolute atomic E-state index is 0.0428. The quantitative estimate of drug-likeness (QED) is 0.157. The van der Waals surface area contributed by atoms with Crippen LogP contribution >= 0.6 is 0 Å². The molecule has 2 unspecified atom stereocenters. The molecule has 8 atom stereocenters. The molecule has 0 bridgehead atoms. The highest BCUT2D eigenvalue weighted by atomic mass is 16.5. The molecule has 4 N–H and O–H groups in total. The fourth-order valence-electron chi connectivity index (χ4n) is 10.4. The van der Waals surface area contributed by atoms with Crippen molar-refractivity contribution in [3.63, 3.8) is 0 Å². The molecule has 0 aromatic rings. The van der Waals surface area contributed by atoms with Crippen molar-refractivity contribution >= 4 is 17.9 Å². The summed E-state index contributed by atoms with van der Waals surface area (Å²) in [4.78, 5) is 36.6. The van der Waals surface area contributed by atoms with Crippen molar-refractivity contribution in [2.45, 2.75) is 143 Å². The van der Waals surface area contributed by atoms with Crippen LogP contribution in [0.2, 0.25) is 0 Å². The molecule has 0 radical (unpaired) electrons. The summed E-state index contributed by atoms with van der Waals surface area (Å²) in [5.74, 6) is -2.61. The normalized spacial score (nSPS) is 37.0. The number of aliphatic hydroxyl groups is 2. The summed E-state index contributed by atoms with van der Waals surface area (Å²) in [6.45, 7) is 16.2. The molecule has 0 aliphatic heterocycles. The highest BCUT2D eigenvalue weighted by Gasteiger charge is 2.64. The van der Waals surface area contributed by atoms with Crippen LogP contribution < -0.4 is 0 Å². The number of allylic oxidation sites excluding steroid dienone is 3. The lowest BCUT2D eigenvalue weighted by atomic mass is 9.43. The molecule has 4 aliphatic carbocycles. The van der Waals surface area contributed by atoms with Crippen molar-refractivity contribution in [1.82, 2.24) is 0 Å². The molecule has 8 nitrogen and oxygen atoms in total. The number of fused-ring (bicyclic) bond motifs is 4. The number of carboxylic acids is 2. The summed E-state index contributed by atoms with van der Waals surface area (Å²) in [5, 5.41) is 40.0. The van der Waals surface area contributed by atoms with Gasteiger partial charge in [0.2, 0.25) is 0 Å². The van der Waals surface area contributed by atoms with Crippen molar-refractivity contribution < 1.29 is 39.5 Å². The molecule has 2 fully saturated rings. The van der Waals surface area contributed by atoms with Crippen LogP contribution in [0.15, 0.2) is 23.3 Å². The van der Waals surface area contributed by atoms with Gasteiger partial charge in [-0.2, -0.15) is 0 Å². The van der Waals surface area contributed by atoms with Gasteiger partial charge in [-0.05, 0) is 107 Å². The van der Waals surface area contributed by atoms with Gasteiger partial charge in [-0.1, -0.05) is 57.9 Å². The predicted octanol–water partition coefficient (Wildman–Crippen LogP) is 6.68. The average molecular weight is 617 g/mol. The van der Waals surface area contributed by atoms with Gasteiger partial charge in [0.15, 0.2) is 0 Å². The van der Waals surface area contributed by atoms with Gasteiger partial charge in [-0.3, -0.25) is 14.4 Å². The van der Waals surface area contributed by atoms with Gasteiger partial charge in [-0.15, -0.1) is 0 Å². The first-order valence-electron chi connectivity index (χ1n) is 16.6. The van der Waals surface area contributed by atoms with E-state index in [9.17, 15) is 29.7 Å². The molecule has 0 amide bonds. The Bertz CT molecular complexity index is 1220. The van der Waals surface area contributed by atoms with Gasteiger partial charge in [0.25, 0.3) is 0 Å². The third-order valence-electron chi connectivity index (χ3n) is 12.8. The van der Waals surface area contributed by atoms with Crippen LogP contribution in [-0.2, 0) is 19.1 Å². The zero-order valence-electron chi connectivity index (χ0n) is 28.2. The smallest absolute Gasteiger partial charge is 0.309 e. The summed E-state index contributed by atoms with van der Waals surface area (Å²) < 4.78 is 5.99. The zero-order chi connectivity index (χ0) is 33.1. The summed E-state index contributed by atoms with van der Waals surface area (Å²) in [6.07, 6.45) is 10.1. The van der Waals surface area contributed by atoms with Crippen LogP contribution in [0, 0.1) is 39.4 Å². The third kappa shape index (κ3) is 6.14. The maximum absolute atomic E-state index is 12.9. The molecule has 0 aromatic heterocycles. The number of hydrogen-bond acceptors (Lipinski definition) is 6. The highest BCUT2D eigenvalue weighted by molar-refractivity contribution is 5.74. The van der Waals surface area contributed by atoms with Gasteiger partial charge >= 0.3 is 17.9 Å². The minimum atomic E-state index is -1.66. The van der Waals surface area contributed by atoms with E-state index in [1.54, 1.807) is 31.1 Å². The van der Waals surface area contributed by atoms with Crippen molar-refractivity contribution in [2.24, 2.45) is 39.4 Å². The molecule has 4 rings (SSSR count). The lowest BCUT2D eigenvalue weighted by Gasteiger charge is -2.62. The molecule has 0 heterocycles. The summed E-state index contributed by atoms with van der Waals surface area (Å²) in [6, 6.07) is 0. The molecule has 44 heavy (non-hydrogen) atoms. The van der Waals surface area contributed by atoms with Crippen LogP contribution in [0.1, 0.15) is 126 Å². The fourth-order valence-corrected chi connectivity index (χ4v) is 10.4. The molecular weight excluding hydrogens is 560 g/mol. The van der Waals surface area contributed by atoms with Crippen LogP contribution in [0.4, 0.5) is 0 Å². The van der Waals surface area contributed by atoms with E-state index in [2.05, 4.69) is 34.6 Å². The Hall–Kier alpha value is -2.19. The van der Waals surface area contributed by atoms with Gasteiger partial charge in [0.05, 0.1) is 30.0 Å². The zero-order valence-corrected chi connectivity index (χ0v) is 28.2. The number of hydrogen-bond donors (Lipinski definition) is 4. The molecule has 248 valence electrons. The summed E-state index contributed by atoms with van der Waals surface area (Å²) >= 11 is 0. The first-order chi connectivity index (χ1) is 20.1. The fraction of sp³-hybridized carbons (Fsp3) is 0.806. The summed E-state index contributed by atoms with van der Waals surface area (Å²) in [7, 11) is 0. The number of aliphatic carboxylic acids is 2. The molecule has 4 aliphatic rings. The Balaban J connectivity index is 1.57. The van der Waals surface area contributed by atoms with Crippen LogP contribution in [-0.4, -0.2) is 55.6 Å². The molecule has 0 aromatic carbocycles. The van der Waals surface area contributed by atoms with Crippen molar-refractivity contribution in [3.05, 3.63) is 23.3 Å². The Morgan fingerprint density at radius 2 is 1.57 bits per heavy atom. The third-order valence-corrected chi connectivity index (χ3v) is 12.8. The number of esters is 1. The maximum atomic E-state index is 12.9. The Morgan fingerprint density at radius 3 is 2.16 bits per heavy atom. The molecule has 0 saturated heterocycles. The average Bonchev–Trinajstić information content (AvgIpc) is 3.13. The second kappa shape index (κ2) is 11.6. The molecule has 8 heteroatoms. The van der Waals surface area contributed by atoms with E-state index in [1.165, 1.54) is 6.92 Å². The second-order valence-corrected chi connectivity index (χ2v) is 16.7. The van der Waals surface area contributed by atoms with E-state index in [4.69, 9.17) is 9.84 Å². The lowest BCUT2D eigenvalue weighted by molar-refractivity contribution is -0.174. The van der Waals surface area contributed by atoms with E-state index in [0.717, 1.165) is 44.9 Å². The topological polar surface area (TPSA) is 141 Å². The van der Waals surface area contributed by atoms with E-state index >= 15 is 0 Å². The first kappa shape index (κ1) is 34.7. The van der Waals surface area contributed by atoms with Crippen molar-refractivity contribution in [1.29, 1.82) is 0 Å². The predicted molar refractivity (Wildman–Crippen MR) is 168 cm³/mol. The lowest BCUT2D eigenvalue weighted by Crippen LogP contribution is -2.56. The second-order valence-electron chi connectivity index (χ2n) is 16.7. The van der Waals surface area contributed by atoms with E-state index in [1.807, 2.05) is 6.08 Å². The standard InChI is InChI=1S/C36H56O8/c1-31(2,42)16-9-10-22(30(40)41)23-13-18-36(8)25-11-12-26-32(3,4)27(44-29(39)21-33(5,43)20-28(37)38)15-17-34(26,6)24(25)14-19-35(23,36)7/h9,16,22-23,26-27,42-43H,10-15,17-21H2,1-8H3,(H,37,38)(H,40,41)/b16-9+/t22-,23-,26?,27-,33?,34-,35-,36+/m1/s1. The number of carbonyl (C=O) groups excluding carboxylic acids is 1. The monoisotopic (exact) mass is 616 g/mol. The number of carbonyl (C=O) groups is 3. The van der Waals surface area contributed by atoms with Crippen LogP contribution in [0.5, 0.6) is 0 Å². The minimum Gasteiger partial charge on any atom is -0.481 e. The molecule has 2 saturated carbocycles. The summed E-state index contributed by atoms with van der Waals surface area (Å²) in [5.41, 5.74) is -0.0907.